The molecule has 0 saturated carbocycles. The van der Waals surface area contributed by atoms with Gasteiger partial charge in [0.2, 0.25) is 5.91 Å². The van der Waals surface area contributed by atoms with E-state index in [1.54, 1.807) is 11.6 Å². The number of amides is 1. The molecule has 1 amide bonds. The summed E-state index contributed by atoms with van der Waals surface area (Å²) >= 11 is 0. The average Bonchev–Trinajstić information content (AvgIpc) is 2.98. The number of aromatic nitrogens is 3. The Hall–Kier alpha value is -2.21. The highest BCUT2D eigenvalue weighted by atomic mass is 16.2. The van der Waals surface area contributed by atoms with E-state index in [0.29, 0.717) is 12.1 Å². The minimum Gasteiger partial charge on any atom is -0.346 e. The Morgan fingerprint density at radius 3 is 2.73 bits per heavy atom. The fourth-order valence-corrected chi connectivity index (χ4v) is 2.25. The van der Waals surface area contributed by atoms with Crippen LogP contribution in [0.25, 0.3) is 5.69 Å². The van der Waals surface area contributed by atoms with Crippen molar-refractivity contribution in [2.45, 2.75) is 45.2 Å². The highest BCUT2D eigenvalue weighted by Crippen LogP contribution is 2.15. The molecule has 0 saturated heterocycles. The summed E-state index contributed by atoms with van der Waals surface area (Å²) in [7, 11) is 0. The molecule has 0 fully saturated rings. The molecule has 6 heteroatoms. The Balaban J connectivity index is 2.06. The highest BCUT2D eigenvalue weighted by molar-refractivity contribution is 5.85. The molecule has 2 atom stereocenters. The van der Waals surface area contributed by atoms with Crippen LogP contribution in [-0.4, -0.2) is 26.4 Å². The third-order valence-electron chi connectivity index (χ3n) is 3.61. The lowest BCUT2D eigenvalue weighted by atomic mass is 9.96. The molecule has 2 unspecified atom stereocenters. The molecule has 1 aromatic carbocycles. The van der Waals surface area contributed by atoms with Gasteiger partial charge in [-0.15, -0.1) is 5.10 Å². The Morgan fingerprint density at radius 2 is 2.09 bits per heavy atom. The van der Waals surface area contributed by atoms with Crippen molar-refractivity contribution >= 4 is 5.91 Å². The molecule has 0 spiro atoms. The molecule has 3 N–H and O–H groups in total. The molecule has 0 aliphatic carbocycles. The molecule has 1 heterocycles. The van der Waals surface area contributed by atoms with Crippen LogP contribution in [0.3, 0.4) is 0 Å². The second kappa shape index (κ2) is 6.70. The molecule has 1 aromatic heterocycles. The van der Waals surface area contributed by atoms with E-state index in [4.69, 9.17) is 5.73 Å². The van der Waals surface area contributed by atoms with E-state index in [0.717, 1.165) is 12.1 Å². The lowest BCUT2D eigenvalue weighted by Gasteiger charge is -2.24. The van der Waals surface area contributed by atoms with Crippen LogP contribution in [0, 0.1) is 0 Å². The first kappa shape index (κ1) is 16.2. The Labute approximate surface area is 130 Å². The third kappa shape index (κ3) is 3.71. The van der Waals surface area contributed by atoms with Gasteiger partial charge in [-0.3, -0.25) is 4.79 Å². The van der Waals surface area contributed by atoms with Gasteiger partial charge in [0.25, 0.3) is 0 Å². The van der Waals surface area contributed by atoms with E-state index in [9.17, 15) is 4.79 Å². The molecule has 118 valence electrons. The molecule has 0 aliphatic rings. The van der Waals surface area contributed by atoms with Crippen LogP contribution >= 0.6 is 0 Å². The maximum Gasteiger partial charge on any atom is 0.240 e. The maximum atomic E-state index is 12.2. The normalized spacial score (nSPS) is 15.1. The molecule has 22 heavy (non-hydrogen) atoms. The third-order valence-corrected chi connectivity index (χ3v) is 3.61. The smallest absolute Gasteiger partial charge is 0.240 e. The predicted molar refractivity (Wildman–Crippen MR) is 85.4 cm³/mol. The first-order chi connectivity index (χ1) is 10.4. The van der Waals surface area contributed by atoms with Crippen LogP contribution in [0.1, 0.15) is 45.3 Å². The molecular weight excluding hydrogens is 278 g/mol. The van der Waals surface area contributed by atoms with E-state index in [1.165, 1.54) is 0 Å². The highest BCUT2D eigenvalue weighted by Gasteiger charge is 2.28. The van der Waals surface area contributed by atoms with Crippen molar-refractivity contribution in [3.63, 3.8) is 0 Å². The number of carbonyl (C=O) groups excluding carboxylic acids is 1. The van der Waals surface area contributed by atoms with Gasteiger partial charge in [-0.2, -0.15) is 0 Å². The van der Waals surface area contributed by atoms with Crippen LogP contribution < -0.4 is 11.1 Å². The molecule has 0 aliphatic heterocycles. The Morgan fingerprint density at radius 1 is 1.41 bits per heavy atom. The second-order valence-electron chi connectivity index (χ2n) is 5.79. The summed E-state index contributed by atoms with van der Waals surface area (Å²) in [6.07, 6.45) is 3.31. The van der Waals surface area contributed by atoms with Crippen LogP contribution in [0.2, 0.25) is 0 Å². The lowest BCUT2D eigenvalue weighted by molar-refractivity contribution is -0.126. The molecule has 6 nitrogen and oxygen atoms in total. The van der Waals surface area contributed by atoms with E-state index >= 15 is 0 Å². The number of nitrogens with one attached hydrogen (secondary N) is 1. The van der Waals surface area contributed by atoms with Crippen molar-refractivity contribution in [2.24, 2.45) is 5.73 Å². The van der Waals surface area contributed by atoms with Gasteiger partial charge < -0.3 is 11.1 Å². The van der Waals surface area contributed by atoms with Gasteiger partial charge in [-0.05, 0) is 32.4 Å². The van der Waals surface area contributed by atoms with Crippen LogP contribution in [-0.2, 0) is 4.79 Å². The topological polar surface area (TPSA) is 85.8 Å². The number of para-hydroxylation sites is 1. The summed E-state index contributed by atoms with van der Waals surface area (Å²) < 4.78 is 1.69. The minimum atomic E-state index is -0.863. The van der Waals surface area contributed by atoms with E-state index in [-0.39, 0.29) is 11.9 Å². The lowest BCUT2D eigenvalue weighted by Crippen LogP contribution is -2.52. The molecular formula is C16H23N5O. The van der Waals surface area contributed by atoms with E-state index in [1.807, 2.05) is 50.4 Å². The van der Waals surface area contributed by atoms with Crippen molar-refractivity contribution in [3.8, 4) is 5.69 Å². The number of hydrogen-bond donors (Lipinski definition) is 2. The molecule has 0 bridgehead atoms. The van der Waals surface area contributed by atoms with E-state index in [2.05, 4.69) is 15.6 Å². The van der Waals surface area contributed by atoms with Gasteiger partial charge in [0, 0.05) is 0 Å². The number of hydrogen-bond acceptors (Lipinski definition) is 4. The zero-order valence-electron chi connectivity index (χ0n) is 13.3. The predicted octanol–water partition coefficient (Wildman–Crippen LogP) is 1.96. The number of benzene rings is 1. The van der Waals surface area contributed by atoms with E-state index < -0.39 is 5.54 Å². The number of nitrogens with two attached hydrogens (primary N) is 1. The van der Waals surface area contributed by atoms with Gasteiger partial charge in [-0.25, -0.2) is 4.68 Å². The zero-order chi connectivity index (χ0) is 16.2. The minimum absolute atomic E-state index is 0.170. The summed E-state index contributed by atoms with van der Waals surface area (Å²) in [4.78, 5) is 12.2. The Bertz CT molecular complexity index is 620. The largest absolute Gasteiger partial charge is 0.346 e. The summed E-state index contributed by atoms with van der Waals surface area (Å²) in [6.45, 7) is 5.63. The number of rotatable bonds is 6. The quantitative estimate of drug-likeness (QED) is 0.854. The van der Waals surface area contributed by atoms with Gasteiger partial charge >= 0.3 is 0 Å². The summed E-state index contributed by atoms with van der Waals surface area (Å²) in [6, 6.07) is 9.46. The number of nitrogens with zero attached hydrogens (tertiary/aromatic N) is 3. The van der Waals surface area contributed by atoms with Crippen LogP contribution in [0.4, 0.5) is 0 Å². The maximum absolute atomic E-state index is 12.2. The monoisotopic (exact) mass is 301 g/mol. The SMILES string of the molecule is CCCC(C)(N)C(=O)NC(C)c1cn(-c2ccccc2)nn1. The average molecular weight is 301 g/mol. The fraction of sp³-hybridized carbons (Fsp3) is 0.438. The van der Waals surface area contributed by atoms with Crippen molar-refractivity contribution < 1.29 is 4.79 Å². The van der Waals surface area contributed by atoms with Gasteiger partial charge in [0.1, 0.15) is 5.69 Å². The fourth-order valence-electron chi connectivity index (χ4n) is 2.25. The van der Waals surface area contributed by atoms with Crippen molar-refractivity contribution in [1.29, 1.82) is 0 Å². The standard InChI is InChI=1S/C16H23N5O/c1-4-10-16(3,17)15(22)18-12(2)14-11-21(20-19-14)13-8-6-5-7-9-13/h5-9,11-12H,4,10,17H2,1-3H3,(H,18,22). The van der Waals surface area contributed by atoms with Gasteiger partial charge in [0.05, 0.1) is 23.5 Å². The first-order valence-electron chi connectivity index (χ1n) is 7.51. The zero-order valence-corrected chi connectivity index (χ0v) is 13.3. The summed E-state index contributed by atoms with van der Waals surface area (Å²) in [5, 5.41) is 11.1. The van der Waals surface area contributed by atoms with Gasteiger partial charge in [0.15, 0.2) is 0 Å². The summed E-state index contributed by atoms with van der Waals surface area (Å²) in [5.41, 5.74) is 6.80. The van der Waals surface area contributed by atoms with Crippen LogP contribution in [0.15, 0.2) is 36.5 Å². The first-order valence-corrected chi connectivity index (χ1v) is 7.51. The molecule has 2 rings (SSSR count). The number of carbonyl (C=O) groups is 1. The molecule has 0 radical (unpaired) electrons. The molecule has 2 aromatic rings. The Kier molecular flexibility index (Phi) is 4.92. The summed E-state index contributed by atoms with van der Waals surface area (Å²) in [5.74, 6) is -0.170. The van der Waals surface area contributed by atoms with Crippen molar-refractivity contribution in [2.75, 3.05) is 0 Å². The van der Waals surface area contributed by atoms with Crippen LogP contribution in [0.5, 0.6) is 0 Å². The van der Waals surface area contributed by atoms with Gasteiger partial charge in [-0.1, -0.05) is 36.8 Å². The second-order valence-corrected chi connectivity index (χ2v) is 5.79. The van der Waals surface area contributed by atoms with Crippen molar-refractivity contribution in [3.05, 3.63) is 42.2 Å². The van der Waals surface area contributed by atoms with Crippen molar-refractivity contribution in [1.82, 2.24) is 20.3 Å².